The summed E-state index contributed by atoms with van der Waals surface area (Å²) in [5.41, 5.74) is 0.381. The van der Waals surface area contributed by atoms with Crippen LogP contribution in [0.2, 0.25) is 0 Å². The van der Waals surface area contributed by atoms with Gasteiger partial charge in [0.05, 0.1) is 0 Å². The smallest absolute Gasteiger partial charge is 0.0182 e. The van der Waals surface area contributed by atoms with E-state index in [2.05, 4.69) is 33.0 Å². The quantitative estimate of drug-likeness (QED) is 0.543. The second kappa shape index (κ2) is 5.59. The van der Waals surface area contributed by atoms with E-state index in [0.717, 1.165) is 13.1 Å². The number of nitrogens with zero attached hydrogens (tertiary/aromatic N) is 1. The highest BCUT2D eigenvalue weighted by molar-refractivity contribution is 4.63. The molecule has 0 atom stereocenters. The van der Waals surface area contributed by atoms with Crippen molar-refractivity contribution in [1.82, 2.24) is 5.32 Å². The van der Waals surface area contributed by atoms with E-state index >= 15 is 0 Å². The Morgan fingerprint density at radius 1 is 1.09 bits per heavy atom. The van der Waals surface area contributed by atoms with Gasteiger partial charge in [0.25, 0.3) is 0 Å². The molecule has 0 fully saturated rings. The van der Waals surface area contributed by atoms with Crippen LogP contribution in [0, 0.1) is 5.41 Å². The minimum atomic E-state index is 0.381. The lowest BCUT2D eigenvalue weighted by Gasteiger charge is -2.17. The molecule has 0 spiro atoms. The summed E-state index contributed by atoms with van der Waals surface area (Å²) in [4.78, 5) is 0. The van der Waals surface area contributed by atoms with Gasteiger partial charge >= 0.3 is 0 Å². The van der Waals surface area contributed by atoms with E-state index in [1.54, 1.807) is 0 Å². The minimum absolute atomic E-state index is 0.381. The van der Waals surface area contributed by atoms with Crippen LogP contribution < -0.4 is 5.32 Å². The summed E-state index contributed by atoms with van der Waals surface area (Å²) in [6, 6.07) is 0. The Hall–Kier alpha value is -0.0400. The van der Waals surface area contributed by atoms with Gasteiger partial charge in [0.2, 0.25) is 0 Å². The fourth-order valence-electron chi connectivity index (χ4n) is 0.888. The van der Waals surface area contributed by atoms with Crippen LogP contribution in [0.15, 0.2) is 0 Å². The predicted octanol–water partition coefficient (Wildman–Crippen LogP) is 2.83. The summed E-state index contributed by atoms with van der Waals surface area (Å²) in [7, 11) is 0. The van der Waals surface area contributed by atoms with Crippen LogP contribution in [0.1, 0.15) is 47.0 Å². The summed E-state index contributed by atoms with van der Waals surface area (Å²) < 4.78 is 0. The van der Waals surface area contributed by atoms with Crippen LogP contribution in [-0.2, 0) is 0 Å². The third kappa shape index (κ3) is 9.96. The Bertz CT molecular complexity index is 81.4. The lowest BCUT2D eigenvalue weighted by Crippen LogP contribution is -2.21. The molecule has 1 heteroatoms. The van der Waals surface area contributed by atoms with Crippen molar-refractivity contribution in [3.05, 3.63) is 0 Å². The Morgan fingerprint density at radius 2 is 1.73 bits per heavy atom. The fourth-order valence-corrected chi connectivity index (χ4v) is 0.888. The highest BCUT2D eigenvalue weighted by Gasteiger charge is 2.08. The van der Waals surface area contributed by atoms with Crippen LogP contribution >= 0.6 is 0 Å². The van der Waals surface area contributed by atoms with E-state index < -0.39 is 0 Å². The standard InChI is InChI=1S/C10H22N/c1-5-6-7-8-11-9-10(2,3)4/h5-9H2,1-4H3. The lowest BCUT2D eigenvalue weighted by atomic mass is 9.97. The van der Waals surface area contributed by atoms with Crippen LogP contribution in [0.3, 0.4) is 0 Å². The molecule has 0 aliphatic carbocycles. The first-order chi connectivity index (χ1) is 5.06. The SMILES string of the molecule is CCCCC[N]CC(C)(C)C. The molecule has 0 N–H and O–H groups in total. The molecule has 0 saturated carbocycles. The highest BCUT2D eigenvalue weighted by Crippen LogP contribution is 2.10. The molecule has 1 nitrogen and oxygen atoms in total. The zero-order chi connectivity index (χ0) is 8.74. The second-order valence-corrected chi connectivity index (χ2v) is 4.37. The van der Waals surface area contributed by atoms with E-state index in [9.17, 15) is 0 Å². The zero-order valence-corrected chi connectivity index (χ0v) is 8.48. The van der Waals surface area contributed by atoms with E-state index in [1.807, 2.05) is 0 Å². The van der Waals surface area contributed by atoms with Gasteiger partial charge in [-0.15, -0.1) is 0 Å². The molecule has 67 valence electrons. The Balaban J connectivity index is 3.02. The molecule has 0 bridgehead atoms. The molecular weight excluding hydrogens is 134 g/mol. The van der Waals surface area contributed by atoms with Gasteiger partial charge in [-0.25, -0.2) is 5.32 Å². The van der Waals surface area contributed by atoms with Gasteiger partial charge in [-0.05, 0) is 11.8 Å². The number of hydrogen-bond donors (Lipinski definition) is 0. The van der Waals surface area contributed by atoms with Gasteiger partial charge in [-0.2, -0.15) is 0 Å². The van der Waals surface area contributed by atoms with Crippen molar-refractivity contribution in [2.45, 2.75) is 47.0 Å². The summed E-state index contributed by atoms with van der Waals surface area (Å²) in [5.74, 6) is 0. The van der Waals surface area contributed by atoms with Gasteiger partial charge < -0.3 is 0 Å². The van der Waals surface area contributed by atoms with E-state index in [4.69, 9.17) is 0 Å². The second-order valence-electron chi connectivity index (χ2n) is 4.37. The van der Waals surface area contributed by atoms with Gasteiger partial charge in [0, 0.05) is 13.1 Å². The molecule has 0 heterocycles. The largest absolute Gasteiger partial charge is 0.241 e. The van der Waals surface area contributed by atoms with Gasteiger partial charge in [-0.3, -0.25) is 0 Å². The maximum atomic E-state index is 4.48. The lowest BCUT2D eigenvalue weighted by molar-refractivity contribution is 0.373. The molecule has 0 aliphatic heterocycles. The normalized spacial score (nSPS) is 12.0. The number of hydrogen-bond acceptors (Lipinski definition) is 0. The predicted molar refractivity (Wildman–Crippen MR) is 50.8 cm³/mol. The summed E-state index contributed by atoms with van der Waals surface area (Å²) >= 11 is 0. The molecule has 11 heavy (non-hydrogen) atoms. The first-order valence-corrected chi connectivity index (χ1v) is 4.69. The molecular formula is C10H22N. The van der Waals surface area contributed by atoms with Crippen LogP contribution in [0.4, 0.5) is 0 Å². The summed E-state index contributed by atoms with van der Waals surface area (Å²) in [5, 5.41) is 4.48. The Labute approximate surface area is 71.6 Å². The van der Waals surface area contributed by atoms with Crippen molar-refractivity contribution in [2.24, 2.45) is 5.41 Å². The first kappa shape index (κ1) is 11.0. The third-order valence-corrected chi connectivity index (χ3v) is 1.51. The van der Waals surface area contributed by atoms with Crippen molar-refractivity contribution >= 4 is 0 Å². The molecule has 0 aromatic heterocycles. The number of unbranched alkanes of at least 4 members (excludes halogenated alkanes) is 2. The maximum absolute atomic E-state index is 4.48. The van der Waals surface area contributed by atoms with Crippen LogP contribution in [0.25, 0.3) is 0 Å². The van der Waals surface area contributed by atoms with Gasteiger partial charge in [0.15, 0.2) is 0 Å². The van der Waals surface area contributed by atoms with E-state index in [0.29, 0.717) is 5.41 Å². The molecule has 0 aromatic carbocycles. The molecule has 0 saturated heterocycles. The van der Waals surface area contributed by atoms with Crippen LogP contribution in [0.5, 0.6) is 0 Å². The Kier molecular flexibility index (Phi) is 5.57. The van der Waals surface area contributed by atoms with Crippen LogP contribution in [-0.4, -0.2) is 13.1 Å². The molecule has 0 aromatic rings. The molecule has 0 aliphatic rings. The number of rotatable bonds is 5. The Morgan fingerprint density at radius 3 is 2.18 bits per heavy atom. The van der Waals surface area contributed by atoms with Crippen molar-refractivity contribution < 1.29 is 0 Å². The van der Waals surface area contributed by atoms with Gasteiger partial charge in [0.1, 0.15) is 0 Å². The third-order valence-electron chi connectivity index (χ3n) is 1.51. The molecule has 0 amide bonds. The van der Waals surface area contributed by atoms with Crippen molar-refractivity contribution in [3.8, 4) is 0 Å². The average molecular weight is 156 g/mol. The van der Waals surface area contributed by atoms with Crippen molar-refractivity contribution in [3.63, 3.8) is 0 Å². The maximum Gasteiger partial charge on any atom is 0.0182 e. The zero-order valence-electron chi connectivity index (χ0n) is 8.48. The van der Waals surface area contributed by atoms with E-state index in [1.165, 1.54) is 19.3 Å². The van der Waals surface area contributed by atoms with Crippen molar-refractivity contribution in [2.75, 3.05) is 13.1 Å². The van der Waals surface area contributed by atoms with Crippen molar-refractivity contribution in [1.29, 1.82) is 0 Å². The summed E-state index contributed by atoms with van der Waals surface area (Å²) in [6.45, 7) is 11.0. The summed E-state index contributed by atoms with van der Waals surface area (Å²) in [6.07, 6.45) is 3.89. The molecule has 0 rings (SSSR count). The first-order valence-electron chi connectivity index (χ1n) is 4.69. The molecule has 1 radical (unpaired) electrons. The monoisotopic (exact) mass is 156 g/mol. The van der Waals surface area contributed by atoms with Gasteiger partial charge in [-0.1, -0.05) is 40.5 Å². The average Bonchev–Trinajstić information content (AvgIpc) is 1.85. The highest BCUT2D eigenvalue weighted by atomic mass is 14.9. The topological polar surface area (TPSA) is 14.1 Å². The molecule has 0 unspecified atom stereocenters. The fraction of sp³-hybridized carbons (Fsp3) is 1.00. The van der Waals surface area contributed by atoms with E-state index in [-0.39, 0.29) is 0 Å². The minimum Gasteiger partial charge on any atom is -0.241 e.